The smallest absolute Gasteiger partial charge is 0.0701 e. The summed E-state index contributed by atoms with van der Waals surface area (Å²) in [5.41, 5.74) is 4.96. The quantitative estimate of drug-likeness (QED) is 0.708. The second-order valence-corrected chi connectivity index (χ2v) is 5.46. The zero-order valence-electron chi connectivity index (χ0n) is 12.9. The second kappa shape index (κ2) is 5.60. The Bertz CT molecular complexity index is 758. The Morgan fingerprint density at radius 2 is 1.90 bits per heavy atom. The maximum atomic E-state index is 4.21. The normalized spacial score (nSPS) is 11.0. The highest BCUT2D eigenvalue weighted by atomic mass is 15.5. The van der Waals surface area contributed by atoms with Crippen molar-refractivity contribution in [2.24, 2.45) is 0 Å². The number of fused-ring (bicyclic) bond motifs is 1. The number of nitrogens with zero attached hydrogens (tertiary/aromatic N) is 3. The number of para-hydroxylation sites is 1. The Hall–Kier alpha value is -2.29. The van der Waals surface area contributed by atoms with E-state index in [1.54, 1.807) is 0 Å². The maximum Gasteiger partial charge on any atom is 0.0701 e. The summed E-state index contributed by atoms with van der Waals surface area (Å²) >= 11 is 0. The average Bonchev–Trinajstić information content (AvgIpc) is 2.83. The van der Waals surface area contributed by atoms with Crippen LogP contribution in [-0.2, 0) is 0 Å². The Morgan fingerprint density at radius 3 is 2.67 bits per heavy atom. The fourth-order valence-electron chi connectivity index (χ4n) is 2.84. The van der Waals surface area contributed by atoms with Crippen molar-refractivity contribution in [2.75, 3.05) is 11.6 Å². The van der Waals surface area contributed by atoms with Gasteiger partial charge in [-0.1, -0.05) is 25.1 Å². The topological polar surface area (TPSA) is 21.1 Å². The molecule has 0 aliphatic heterocycles. The van der Waals surface area contributed by atoms with Crippen molar-refractivity contribution < 1.29 is 0 Å². The van der Waals surface area contributed by atoms with Crippen molar-refractivity contribution in [3.05, 3.63) is 60.0 Å². The van der Waals surface area contributed by atoms with Gasteiger partial charge in [-0.25, -0.2) is 0 Å². The van der Waals surface area contributed by atoms with Gasteiger partial charge in [0.15, 0.2) is 0 Å². The summed E-state index contributed by atoms with van der Waals surface area (Å²) in [6.45, 7) is 7.47. The molecule has 108 valence electrons. The molecule has 0 atom stereocenters. The molecule has 0 saturated carbocycles. The molecule has 0 aliphatic rings. The summed E-state index contributed by atoms with van der Waals surface area (Å²) in [7, 11) is 0. The number of hydrogen-bond acceptors (Lipinski definition) is 2. The minimum absolute atomic E-state index is 0.975. The number of rotatable bonds is 4. The predicted octanol–water partition coefficient (Wildman–Crippen LogP) is 4.33. The molecule has 2 heterocycles. The molecule has 3 heteroatoms. The molecule has 0 aliphatic carbocycles. The molecule has 0 fully saturated rings. The average molecular weight is 279 g/mol. The van der Waals surface area contributed by atoms with Crippen molar-refractivity contribution in [1.29, 1.82) is 0 Å². The van der Waals surface area contributed by atoms with Gasteiger partial charge in [0.2, 0.25) is 0 Å². The van der Waals surface area contributed by atoms with Crippen LogP contribution >= 0.6 is 0 Å². The zero-order chi connectivity index (χ0) is 14.8. The molecule has 1 aromatic carbocycles. The van der Waals surface area contributed by atoms with E-state index in [-0.39, 0.29) is 0 Å². The van der Waals surface area contributed by atoms with Crippen LogP contribution in [0.3, 0.4) is 0 Å². The fraction of sp³-hybridized carbons (Fsp3) is 0.278. The molecular formula is C18H21N3. The van der Waals surface area contributed by atoms with Crippen LogP contribution < -0.4 is 5.01 Å². The molecule has 0 N–H and O–H groups in total. The summed E-state index contributed by atoms with van der Waals surface area (Å²) in [6.07, 6.45) is 7.10. The van der Waals surface area contributed by atoms with Crippen LogP contribution in [0.5, 0.6) is 0 Å². The van der Waals surface area contributed by atoms with E-state index in [9.17, 15) is 0 Å². The molecule has 3 rings (SSSR count). The number of pyridine rings is 1. The van der Waals surface area contributed by atoms with Crippen LogP contribution in [-0.4, -0.2) is 16.2 Å². The largest absolute Gasteiger partial charge is 0.281 e. The predicted molar refractivity (Wildman–Crippen MR) is 88.7 cm³/mol. The van der Waals surface area contributed by atoms with Crippen molar-refractivity contribution >= 4 is 16.6 Å². The number of benzene rings is 1. The highest BCUT2D eigenvalue weighted by Crippen LogP contribution is 2.26. The minimum Gasteiger partial charge on any atom is -0.281 e. The Balaban J connectivity index is 2.19. The molecule has 0 radical (unpaired) electrons. The summed E-state index contributed by atoms with van der Waals surface area (Å²) < 4.78 is 2.27. The number of hydrogen-bond donors (Lipinski definition) is 0. The lowest BCUT2D eigenvalue weighted by Crippen LogP contribution is -2.30. The van der Waals surface area contributed by atoms with E-state index in [4.69, 9.17) is 0 Å². The van der Waals surface area contributed by atoms with Gasteiger partial charge in [0.1, 0.15) is 0 Å². The fourth-order valence-corrected chi connectivity index (χ4v) is 2.84. The van der Waals surface area contributed by atoms with Crippen molar-refractivity contribution in [1.82, 2.24) is 9.66 Å². The second-order valence-electron chi connectivity index (χ2n) is 5.46. The molecule has 21 heavy (non-hydrogen) atoms. The standard InChI is InChI=1S/C18H21N3/c1-4-11-20(17-9-10-19-12-14(17)2)21-13-15(3)16-7-5-6-8-18(16)21/h5-10,12-13H,4,11H2,1-3H3. The van der Waals surface area contributed by atoms with Gasteiger partial charge in [0.25, 0.3) is 0 Å². The van der Waals surface area contributed by atoms with E-state index in [1.807, 2.05) is 12.4 Å². The van der Waals surface area contributed by atoms with Crippen molar-refractivity contribution in [3.63, 3.8) is 0 Å². The maximum absolute atomic E-state index is 4.21. The van der Waals surface area contributed by atoms with E-state index >= 15 is 0 Å². The van der Waals surface area contributed by atoms with Gasteiger partial charge >= 0.3 is 0 Å². The third kappa shape index (κ3) is 2.40. The number of anilines is 1. The van der Waals surface area contributed by atoms with E-state index in [0.29, 0.717) is 0 Å². The monoisotopic (exact) mass is 279 g/mol. The van der Waals surface area contributed by atoms with Gasteiger partial charge in [-0.2, -0.15) is 0 Å². The molecular weight excluding hydrogens is 258 g/mol. The molecule has 3 nitrogen and oxygen atoms in total. The molecule has 0 bridgehead atoms. The summed E-state index contributed by atoms with van der Waals surface area (Å²) in [4.78, 5) is 4.21. The molecule has 2 aromatic heterocycles. The SMILES string of the molecule is CCCN(c1ccncc1C)n1cc(C)c2ccccc21. The first-order valence-electron chi connectivity index (χ1n) is 7.47. The van der Waals surface area contributed by atoms with Crippen LogP contribution in [0, 0.1) is 13.8 Å². The van der Waals surface area contributed by atoms with Gasteiger partial charge in [-0.15, -0.1) is 0 Å². The van der Waals surface area contributed by atoms with Crippen LogP contribution in [0.4, 0.5) is 5.69 Å². The molecule has 3 aromatic rings. The van der Waals surface area contributed by atoms with Crippen LogP contribution in [0.1, 0.15) is 24.5 Å². The van der Waals surface area contributed by atoms with Crippen molar-refractivity contribution in [3.8, 4) is 0 Å². The lowest BCUT2D eigenvalue weighted by Gasteiger charge is -2.28. The van der Waals surface area contributed by atoms with E-state index in [0.717, 1.165) is 13.0 Å². The summed E-state index contributed by atoms with van der Waals surface area (Å²) in [5, 5.41) is 3.65. The van der Waals surface area contributed by atoms with Gasteiger partial charge in [0, 0.05) is 30.5 Å². The van der Waals surface area contributed by atoms with Crippen LogP contribution in [0.2, 0.25) is 0 Å². The number of aromatic nitrogens is 2. The molecule has 0 saturated heterocycles. The summed E-state index contributed by atoms with van der Waals surface area (Å²) in [6, 6.07) is 10.7. The highest BCUT2D eigenvalue weighted by Gasteiger charge is 2.14. The van der Waals surface area contributed by atoms with Crippen molar-refractivity contribution in [2.45, 2.75) is 27.2 Å². The third-order valence-corrected chi connectivity index (χ3v) is 3.86. The molecule has 0 spiro atoms. The highest BCUT2D eigenvalue weighted by molar-refractivity contribution is 5.84. The Morgan fingerprint density at radius 1 is 1.10 bits per heavy atom. The minimum atomic E-state index is 0.975. The first kappa shape index (κ1) is 13.7. The lowest BCUT2D eigenvalue weighted by molar-refractivity contribution is 0.692. The van der Waals surface area contributed by atoms with Gasteiger partial charge in [0.05, 0.1) is 11.2 Å². The molecule has 0 amide bonds. The first-order chi connectivity index (χ1) is 10.2. The van der Waals surface area contributed by atoms with Crippen LogP contribution in [0.15, 0.2) is 48.9 Å². The van der Waals surface area contributed by atoms with E-state index in [2.05, 4.69) is 72.0 Å². The number of aryl methyl sites for hydroxylation is 2. The van der Waals surface area contributed by atoms with Gasteiger partial charge < -0.3 is 0 Å². The zero-order valence-corrected chi connectivity index (χ0v) is 12.9. The third-order valence-electron chi connectivity index (χ3n) is 3.86. The molecule has 0 unspecified atom stereocenters. The van der Waals surface area contributed by atoms with E-state index < -0.39 is 0 Å². The lowest BCUT2D eigenvalue weighted by atomic mass is 10.2. The van der Waals surface area contributed by atoms with Crippen LogP contribution in [0.25, 0.3) is 10.9 Å². The van der Waals surface area contributed by atoms with Gasteiger partial charge in [-0.3, -0.25) is 14.7 Å². The summed E-state index contributed by atoms with van der Waals surface area (Å²) in [5.74, 6) is 0. The first-order valence-corrected chi connectivity index (χ1v) is 7.47. The Kier molecular flexibility index (Phi) is 3.65. The van der Waals surface area contributed by atoms with E-state index in [1.165, 1.54) is 27.7 Å². The van der Waals surface area contributed by atoms with Gasteiger partial charge in [-0.05, 0) is 43.5 Å². The Labute approximate surface area is 125 Å².